The minimum Gasteiger partial charge on any atom is -0.120 e. The summed E-state index contributed by atoms with van der Waals surface area (Å²) < 4.78 is 0. The molecule has 0 spiro atoms. The molecule has 104 valence electrons. The summed E-state index contributed by atoms with van der Waals surface area (Å²) in [5.74, 6) is 0. The summed E-state index contributed by atoms with van der Waals surface area (Å²) >= 11 is 40.8. The second kappa shape index (κ2) is 8.08. The maximum atomic E-state index is 5.88. The number of halogens is 7. The molecular formula is C11H11Cl7. The molecule has 18 heavy (non-hydrogen) atoms. The van der Waals surface area contributed by atoms with E-state index in [-0.39, 0.29) is 0 Å². The standard InChI is InChI=1S/C6H6Cl6.C5H5Cl/c7-1-2(8)4(10)6(12)5(11)3(1)9;6-5-3-1-2-4-5/h1-6H;1-3H,4H2/t1-,2-,3-,4+,5+,6+;. The molecule has 2 aliphatic carbocycles. The summed E-state index contributed by atoms with van der Waals surface area (Å²) in [5.41, 5.74) is 0. The first-order chi connectivity index (χ1) is 8.36. The van der Waals surface area contributed by atoms with E-state index in [9.17, 15) is 0 Å². The monoisotopic (exact) mass is 388 g/mol. The van der Waals surface area contributed by atoms with Crippen LogP contribution in [0.1, 0.15) is 6.42 Å². The van der Waals surface area contributed by atoms with Gasteiger partial charge in [-0.05, 0) is 6.08 Å². The summed E-state index contributed by atoms with van der Waals surface area (Å²) in [6, 6.07) is 0. The molecule has 7 heteroatoms. The average molecular weight is 391 g/mol. The highest BCUT2D eigenvalue weighted by Crippen LogP contribution is 2.39. The van der Waals surface area contributed by atoms with E-state index in [4.69, 9.17) is 81.2 Å². The van der Waals surface area contributed by atoms with Crippen LogP contribution >= 0.6 is 81.2 Å². The Bertz CT molecular complexity index is 269. The zero-order valence-electron chi connectivity index (χ0n) is 9.05. The van der Waals surface area contributed by atoms with Crippen molar-refractivity contribution in [3.8, 4) is 0 Å². The van der Waals surface area contributed by atoms with Crippen molar-refractivity contribution in [3.05, 3.63) is 23.3 Å². The number of hydrogen-bond donors (Lipinski definition) is 0. The van der Waals surface area contributed by atoms with Crippen molar-refractivity contribution in [2.75, 3.05) is 0 Å². The van der Waals surface area contributed by atoms with E-state index in [1.54, 1.807) is 0 Å². The van der Waals surface area contributed by atoms with Gasteiger partial charge < -0.3 is 0 Å². The number of allylic oxidation sites excluding steroid dienone is 4. The van der Waals surface area contributed by atoms with Gasteiger partial charge in [-0.15, -0.1) is 69.6 Å². The third kappa shape index (κ3) is 4.52. The van der Waals surface area contributed by atoms with Gasteiger partial charge in [-0.25, -0.2) is 0 Å². The molecule has 1 saturated carbocycles. The van der Waals surface area contributed by atoms with Crippen LogP contribution in [0.3, 0.4) is 0 Å². The summed E-state index contributed by atoms with van der Waals surface area (Å²) in [4.78, 5) is 0. The molecule has 2 aliphatic rings. The van der Waals surface area contributed by atoms with Crippen LogP contribution < -0.4 is 0 Å². The predicted octanol–water partition coefficient (Wildman–Crippen LogP) is 5.71. The summed E-state index contributed by atoms with van der Waals surface area (Å²) in [5, 5.41) is -1.68. The van der Waals surface area contributed by atoms with Gasteiger partial charge in [-0.2, -0.15) is 0 Å². The summed E-state index contributed by atoms with van der Waals surface area (Å²) in [6.07, 6.45) is 6.83. The number of alkyl halides is 6. The molecule has 0 aromatic heterocycles. The fourth-order valence-corrected chi connectivity index (χ4v) is 3.96. The van der Waals surface area contributed by atoms with Crippen molar-refractivity contribution in [3.63, 3.8) is 0 Å². The molecular weight excluding hydrogens is 380 g/mol. The molecule has 0 aromatic carbocycles. The predicted molar refractivity (Wildman–Crippen MR) is 85.5 cm³/mol. The van der Waals surface area contributed by atoms with Gasteiger partial charge in [-0.1, -0.05) is 23.8 Å². The first kappa shape index (κ1) is 17.6. The van der Waals surface area contributed by atoms with E-state index in [2.05, 4.69) is 0 Å². The maximum Gasteiger partial charge on any atom is 0.0693 e. The topological polar surface area (TPSA) is 0 Å². The molecule has 0 bridgehead atoms. The summed E-state index contributed by atoms with van der Waals surface area (Å²) in [6.45, 7) is 0. The summed E-state index contributed by atoms with van der Waals surface area (Å²) in [7, 11) is 0. The van der Waals surface area contributed by atoms with E-state index in [0.717, 1.165) is 11.5 Å². The first-order valence-electron chi connectivity index (χ1n) is 5.22. The molecule has 2 rings (SSSR count). The third-order valence-electron chi connectivity index (χ3n) is 2.55. The van der Waals surface area contributed by atoms with Crippen molar-refractivity contribution in [2.24, 2.45) is 0 Å². The molecule has 0 atom stereocenters. The molecule has 1 fully saturated rings. The van der Waals surface area contributed by atoms with Gasteiger partial charge in [0.05, 0.1) is 32.3 Å². The van der Waals surface area contributed by atoms with E-state index >= 15 is 0 Å². The lowest BCUT2D eigenvalue weighted by Crippen LogP contribution is -2.52. The van der Waals surface area contributed by atoms with Crippen molar-refractivity contribution >= 4 is 81.2 Å². The average Bonchev–Trinajstić information content (AvgIpc) is 2.83. The zero-order valence-corrected chi connectivity index (χ0v) is 14.3. The Morgan fingerprint density at radius 2 is 1.06 bits per heavy atom. The zero-order chi connectivity index (χ0) is 13.9. The number of rotatable bonds is 0. The normalized spacial score (nSPS) is 43.2. The molecule has 0 heterocycles. The Morgan fingerprint density at radius 3 is 1.17 bits per heavy atom. The Hall–Kier alpha value is 1.51. The molecule has 0 unspecified atom stereocenters. The number of hydrogen-bond acceptors (Lipinski definition) is 0. The van der Waals surface area contributed by atoms with Crippen LogP contribution in [-0.2, 0) is 0 Å². The van der Waals surface area contributed by atoms with Crippen molar-refractivity contribution in [2.45, 2.75) is 38.7 Å². The van der Waals surface area contributed by atoms with Gasteiger partial charge in [0.2, 0.25) is 0 Å². The van der Waals surface area contributed by atoms with Crippen molar-refractivity contribution < 1.29 is 0 Å². The lowest BCUT2D eigenvalue weighted by Gasteiger charge is -2.37. The molecule has 0 radical (unpaired) electrons. The molecule has 0 amide bonds. The van der Waals surface area contributed by atoms with Crippen LogP contribution in [0, 0.1) is 0 Å². The minimum atomic E-state index is -0.437. The Kier molecular flexibility index (Phi) is 7.88. The highest BCUT2D eigenvalue weighted by Gasteiger charge is 2.46. The molecule has 0 aromatic rings. The minimum absolute atomic E-state index is 0.437. The van der Waals surface area contributed by atoms with Crippen LogP contribution in [0.4, 0.5) is 0 Å². The van der Waals surface area contributed by atoms with Crippen LogP contribution in [0.15, 0.2) is 23.3 Å². The van der Waals surface area contributed by atoms with Gasteiger partial charge in [0, 0.05) is 11.5 Å². The quantitative estimate of drug-likeness (QED) is 0.464. The molecule has 0 nitrogen and oxygen atoms in total. The van der Waals surface area contributed by atoms with Gasteiger partial charge in [0.15, 0.2) is 0 Å². The van der Waals surface area contributed by atoms with Crippen molar-refractivity contribution in [1.29, 1.82) is 0 Å². The lowest BCUT2D eigenvalue weighted by molar-refractivity contribution is 0.544. The Balaban J connectivity index is 0.000000225. The van der Waals surface area contributed by atoms with E-state index in [0.29, 0.717) is 0 Å². The highest BCUT2D eigenvalue weighted by molar-refractivity contribution is 6.45. The van der Waals surface area contributed by atoms with Crippen LogP contribution in [0.5, 0.6) is 0 Å². The Morgan fingerprint density at radius 1 is 0.722 bits per heavy atom. The van der Waals surface area contributed by atoms with Crippen LogP contribution in [-0.4, -0.2) is 32.3 Å². The first-order valence-corrected chi connectivity index (χ1v) is 8.21. The SMILES string of the molecule is ClC1=CC=CC1.Cl[C@H]1[C@H](Cl)[C@@H](Cl)[C@@H](Cl)[C@H](Cl)[C@H]1Cl. The van der Waals surface area contributed by atoms with Gasteiger partial charge >= 0.3 is 0 Å². The van der Waals surface area contributed by atoms with Crippen molar-refractivity contribution in [1.82, 2.24) is 0 Å². The maximum absolute atomic E-state index is 5.88. The van der Waals surface area contributed by atoms with E-state index in [1.165, 1.54) is 0 Å². The van der Waals surface area contributed by atoms with Crippen LogP contribution in [0.2, 0.25) is 0 Å². The van der Waals surface area contributed by atoms with E-state index in [1.807, 2.05) is 18.2 Å². The second-order valence-electron chi connectivity index (χ2n) is 3.91. The fraction of sp³-hybridized carbons (Fsp3) is 0.636. The van der Waals surface area contributed by atoms with Gasteiger partial charge in [0.1, 0.15) is 0 Å². The molecule has 0 saturated heterocycles. The largest absolute Gasteiger partial charge is 0.120 e. The van der Waals surface area contributed by atoms with Crippen LogP contribution in [0.25, 0.3) is 0 Å². The highest BCUT2D eigenvalue weighted by atomic mass is 35.5. The smallest absolute Gasteiger partial charge is 0.0693 e. The van der Waals surface area contributed by atoms with Gasteiger partial charge in [0.25, 0.3) is 0 Å². The van der Waals surface area contributed by atoms with Gasteiger partial charge in [-0.3, -0.25) is 0 Å². The second-order valence-corrected chi connectivity index (χ2v) is 7.42. The Labute approximate surface area is 142 Å². The third-order valence-corrected chi connectivity index (χ3v) is 6.86. The van der Waals surface area contributed by atoms with E-state index < -0.39 is 32.3 Å². The molecule has 0 aliphatic heterocycles. The lowest BCUT2D eigenvalue weighted by atomic mass is 9.97. The molecule has 0 N–H and O–H groups in total. The fourth-order valence-electron chi connectivity index (χ4n) is 1.47.